The van der Waals surface area contributed by atoms with Crippen LogP contribution in [0.1, 0.15) is 26.5 Å². The molecule has 0 radical (unpaired) electrons. The predicted octanol–water partition coefficient (Wildman–Crippen LogP) is 4.95. The highest BCUT2D eigenvalue weighted by Gasteiger charge is 2.20. The lowest BCUT2D eigenvalue weighted by molar-refractivity contribution is 0.269. The Labute approximate surface area is 126 Å². The summed E-state index contributed by atoms with van der Waals surface area (Å²) in [6.07, 6.45) is 0. The van der Waals surface area contributed by atoms with Crippen molar-refractivity contribution in [3.05, 3.63) is 41.1 Å². The van der Waals surface area contributed by atoms with Gasteiger partial charge in [-0.1, -0.05) is 37.5 Å². The maximum Gasteiger partial charge on any atom is 0.289 e. The van der Waals surface area contributed by atoms with Crippen molar-refractivity contribution < 1.29 is 9.32 Å². The van der Waals surface area contributed by atoms with E-state index in [1.807, 2.05) is 20.8 Å². The number of aromatic nitrogens is 1. The van der Waals surface area contributed by atoms with E-state index in [0.29, 0.717) is 10.8 Å². The topological polar surface area (TPSA) is 55.1 Å². The van der Waals surface area contributed by atoms with Crippen molar-refractivity contribution in [3.8, 4) is 0 Å². The zero-order chi connectivity index (χ0) is 14.8. The van der Waals surface area contributed by atoms with Crippen LogP contribution in [-0.2, 0) is 5.41 Å². The summed E-state index contributed by atoms with van der Waals surface area (Å²) in [5.74, 6) is 1.14. The Hall–Kier alpha value is -1.46. The molecule has 0 aliphatic heterocycles. The van der Waals surface area contributed by atoms with Gasteiger partial charge < -0.3 is 4.52 Å². The Balaban J connectivity index is 1.98. The Morgan fingerprint density at radius 2 is 1.95 bits per heavy atom. The third-order valence-corrected chi connectivity index (χ3v) is 3.55. The number of nitrogens with zero attached hydrogens (tertiary/aromatic N) is 1. The number of carbonyl (C=O) groups excluding carboxylic acids is 1. The van der Waals surface area contributed by atoms with E-state index in [-0.39, 0.29) is 10.7 Å². The quantitative estimate of drug-likeness (QED) is 0.797. The Morgan fingerprint density at radius 1 is 1.30 bits per heavy atom. The maximum absolute atomic E-state index is 11.9. The Bertz CT molecular complexity index is 602. The summed E-state index contributed by atoms with van der Waals surface area (Å²) in [6.45, 7) is 6.05. The number of carbonyl (C=O) groups is 1. The van der Waals surface area contributed by atoms with Crippen molar-refractivity contribution >= 4 is 34.4 Å². The summed E-state index contributed by atoms with van der Waals surface area (Å²) >= 11 is 6.86. The van der Waals surface area contributed by atoms with E-state index < -0.39 is 0 Å². The molecule has 106 valence electrons. The van der Waals surface area contributed by atoms with Gasteiger partial charge in [-0.2, -0.15) is 0 Å². The molecule has 0 unspecified atom stereocenters. The number of nitrogens with one attached hydrogen (secondary N) is 1. The minimum atomic E-state index is -0.221. The van der Waals surface area contributed by atoms with Crippen LogP contribution in [0.5, 0.6) is 0 Å². The van der Waals surface area contributed by atoms with E-state index in [0.717, 1.165) is 22.4 Å². The number of hydrogen-bond acceptors (Lipinski definition) is 4. The highest BCUT2D eigenvalue weighted by molar-refractivity contribution is 8.13. The van der Waals surface area contributed by atoms with Crippen molar-refractivity contribution in [1.82, 2.24) is 5.16 Å². The van der Waals surface area contributed by atoms with Gasteiger partial charge in [-0.05, 0) is 36.0 Å². The first kappa shape index (κ1) is 14.9. The maximum atomic E-state index is 11.9. The van der Waals surface area contributed by atoms with E-state index in [1.165, 1.54) is 0 Å². The number of rotatable bonds is 2. The van der Waals surface area contributed by atoms with Gasteiger partial charge >= 0.3 is 0 Å². The number of hydrogen-bond donors (Lipinski definition) is 1. The van der Waals surface area contributed by atoms with Crippen LogP contribution in [-0.4, -0.2) is 10.4 Å². The molecule has 0 saturated carbocycles. The fourth-order valence-electron chi connectivity index (χ4n) is 1.43. The molecule has 4 nitrogen and oxygen atoms in total. The van der Waals surface area contributed by atoms with Gasteiger partial charge in [-0.15, -0.1) is 0 Å². The zero-order valence-electron chi connectivity index (χ0n) is 11.4. The van der Waals surface area contributed by atoms with Gasteiger partial charge in [0.25, 0.3) is 5.24 Å². The molecule has 1 aromatic heterocycles. The number of thioether (sulfide) groups is 1. The van der Waals surface area contributed by atoms with Gasteiger partial charge in [-0.3, -0.25) is 10.1 Å². The van der Waals surface area contributed by atoms with E-state index >= 15 is 0 Å². The Kier molecular flexibility index (Phi) is 4.40. The molecule has 2 aromatic rings. The first-order valence-electron chi connectivity index (χ1n) is 6.06. The minimum absolute atomic E-state index is 0.140. The van der Waals surface area contributed by atoms with Crippen LogP contribution in [0, 0.1) is 0 Å². The first-order chi connectivity index (χ1) is 9.34. The third-order valence-electron chi connectivity index (χ3n) is 2.50. The van der Waals surface area contributed by atoms with Crippen LogP contribution in [0.15, 0.2) is 39.8 Å². The molecule has 1 aromatic carbocycles. The van der Waals surface area contributed by atoms with Crippen LogP contribution in [0.2, 0.25) is 5.02 Å². The molecule has 6 heteroatoms. The van der Waals surface area contributed by atoms with Crippen molar-refractivity contribution in [1.29, 1.82) is 0 Å². The van der Waals surface area contributed by atoms with Gasteiger partial charge in [-0.25, -0.2) is 0 Å². The molecule has 2 rings (SSSR count). The van der Waals surface area contributed by atoms with Crippen LogP contribution in [0.3, 0.4) is 0 Å². The van der Waals surface area contributed by atoms with Gasteiger partial charge in [0.15, 0.2) is 5.82 Å². The summed E-state index contributed by atoms with van der Waals surface area (Å²) in [7, 11) is 0. The van der Waals surface area contributed by atoms with Crippen molar-refractivity contribution in [2.24, 2.45) is 0 Å². The fraction of sp³-hybridized carbons (Fsp3) is 0.286. The smallest absolute Gasteiger partial charge is 0.289 e. The molecule has 0 saturated heterocycles. The lowest BCUT2D eigenvalue weighted by Crippen LogP contribution is -2.09. The average Bonchev–Trinajstić information content (AvgIpc) is 2.80. The van der Waals surface area contributed by atoms with Crippen LogP contribution in [0.25, 0.3) is 0 Å². The SMILES string of the molecule is CC(C)(C)c1cc(NC(=O)Sc2ccc(Cl)cc2)no1. The highest BCUT2D eigenvalue weighted by atomic mass is 35.5. The van der Waals surface area contributed by atoms with E-state index in [1.54, 1.807) is 30.3 Å². The number of benzene rings is 1. The summed E-state index contributed by atoms with van der Waals surface area (Å²) < 4.78 is 5.20. The summed E-state index contributed by atoms with van der Waals surface area (Å²) in [4.78, 5) is 12.7. The van der Waals surface area contributed by atoms with Crippen LogP contribution < -0.4 is 5.32 Å². The van der Waals surface area contributed by atoms with Crippen molar-refractivity contribution in [2.45, 2.75) is 31.1 Å². The van der Waals surface area contributed by atoms with E-state index in [2.05, 4.69) is 10.5 Å². The number of anilines is 1. The van der Waals surface area contributed by atoms with Crippen molar-refractivity contribution in [3.63, 3.8) is 0 Å². The molecule has 0 aliphatic carbocycles. The third kappa shape index (κ3) is 4.02. The van der Waals surface area contributed by atoms with Crippen LogP contribution >= 0.6 is 23.4 Å². The second-order valence-corrected chi connectivity index (χ2v) is 6.78. The zero-order valence-corrected chi connectivity index (χ0v) is 13.0. The fourth-order valence-corrected chi connectivity index (χ4v) is 2.20. The molecule has 0 fully saturated rings. The van der Waals surface area contributed by atoms with Crippen molar-refractivity contribution in [2.75, 3.05) is 5.32 Å². The summed E-state index contributed by atoms with van der Waals surface area (Å²) in [5.41, 5.74) is -0.140. The molecule has 0 bridgehead atoms. The lowest BCUT2D eigenvalue weighted by atomic mass is 9.93. The Morgan fingerprint density at radius 3 is 2.50 bits per heavy atom. The molecule has 20 heavy (non-hydrogen) atoms. The molecule has 1 N–H and O–H groups in total. The van der Waals surface area contributed by atoms with Gasteiger partial charge in [0.2, 0.25) is 0 Å². The van der Waals surface area contributed by atoms with Gasteiger partial charge in [0, 0.05) is 21.4 Å². The normalized spacial score (nSPS) is 11.4. The average molecular weight is 311 g/mol. The standard InChI is InChI=1S/C14H15ClN2O2S/c1-14(2,3)11-8-12(17-19-11)16-13(18)20-10-6-4-9(15)5-7-10/h4-8H,1-3H3,(H,16,17,18). The molecule has 0 atom stereocenters. The monoisotopic (exact) mass is 310 g/mol. The summed E-state index contributed by atoms with van der Waals surface area (Å²) in [6, 6.07) is 8.79. The largest absolute Gasteiger partial charge is 0.359 e. The molecular formula is C14H15ClN2O2S. The number of amides is 1. The second-order valence-electron chi connectivity index (χ2n) is 5.29. The number of halogens is 1. The molecular weight excluding hydrogens is 296 g/mol. The lowest BCUT2D eigenvalue weighted by Gasteiger charge is -2.11. The van der Waals surface area contributed by atoms with Crippen LogP contribution in [0.4, 0.5) is 10.6 Å². The highest BCUT2D eigenvalue weighted by Crippen LogP contribution is 2.26. The molecule has 1 amide bonds. The molecule has 0 spiro atoms. The minimum Gasteiger partial charge on any atom is -0.359 e. The van der Waals surface area contributed by atoms with E-state index in [9.17, 15) is 4.79 Å². The molecule has 0 aliphatic rings. The van der Waals surface area contributed by atoms with E-state index in [4.69, 9.17) is 16.1 Å². The predicted molar refractivity (Wildman–Crippen MR) is 81.5 cm³/mol. The first-order valence-corrected chi connectivity index (χ1v) is 7.25. The summed E-state index contributed by atoms with van der Waals surface area (Å²) in [5, 5.41) is 6.94. The molecule has 1 heterocycles. The second kappa shape index (κ2) is 5.89. The van der Waals surface area contributed by atoms with Gasteiger partial charge in [0.05, 0.1) is 0 Å². The van der Waals surface area contributed by atoms with Gasteiger partial charge in [0.1, 0.15) is 5.76 Å².